The van der Waals surface area contributed by atoms with E-state index in [4.69, 9.17) is 15.4 Å². The highest BCUT2D eigenvalue weighted by Crippen LogP contribution is 2.34. The Hall–Kier alpha value is -0.950. The molecule has 0 spiro atoms. The third-order valence-electron chi connectivity index (χ3n) is 1.86. The van der Waals surface area contributed by atoms with Gasteiger partial charge in [0.1, 0.15) is 5.75 Å². The molecule has 102 valence electrons. The van der Waals surface area contributed by atoms with Gasteiger partial charge in [-0.15, -0.1) is 0 Å². The van der Waals surface area contributed by atoms with E-state index >= 15 is 0 Å². The van der Waals surface area contributed by atoms with Gasteiger partial charge in [-0.2, -0.15) is 13.2 Å². The van der Waals surface area contributed by atoms with Crippen molar-refractivity contribution in [3.05, 3.63) is 23.8 Å². The molecular formula is C10H10ClF3O3S. The number of rotatable bonds is 3. The molecule has 0 radical (unpaired) electrons. The maximum atomic E-state index is 12.6. The van der Waals surface area contributed by atoms with Gasteiger partial charge in [0.25, 0.3) is 9.05 Å². The zero-order valence-corrected chi connectivity index (χ0v) is 11.0. The van der Waals surface area contributed by atoms with Crippen molar-refractivity contribution < 1.29 is 26.3 Å². The Labute approximate surface area is 107 Å². The first kappa shape index (κ1) is 15.1. The topological polar surface area (TPSA) is 43.4 Å². The van der Waals surface area contributed by atoms with Crippen LogP contribution in [0.1, 0.15) is 19.4 Å². The number of hydrogen-bond acceptors (Lipinski definition) is 3. The van der Waals surface area contributed by atoms with Crippen molar-refractivity contribution in [1.82, 2.24) is 0 Å². The van der Waals surface area contributed by atoms with E-state index in [2.05, 4.69) is 0 Å². The molecule has 0 N–H and O–H groups in total. The summed E-state index contributed by atoms with van der Waals surface area (Å²) in [5.74, 6) is -0.195. The Morgan fingerprint density at radius 1 is 1.22 bits per heavy atom. The molecular weight excluding hydrogens is 293 g/mol. The molecule has 0 saturated heterocycles. The molecule has 0 unspecified atom stereocenters. The quantitative estimate of drug-likeness (QED) is 0.804. The standard InChI is InChI=1S/C10H10ClF3O3S/c1-6(2)17-8-3-7(10(12,13)14)4-9(5-8)18(11,15)16/h3-6H,1-2H3. The first-order valence-electron chi connectivity index (χ1n) is 4.84. The Balaban J connectivity index is 3.39. The van der Waals surface area contributed by atoms with E-state index in [0.29, 0.717) is 6.07 Å². The van der Waals surface area contributed by atoms with Crippen molar-refractivity contribution in [2.45, 2.75) is 31.0 Å². The molecule has 0 amide bonds. The third kappa shape index (κ3) is 4.06. The van der Waals surface area contributed by atoms with Gasteiger partial charge in [-0.3, -0.25) is 0 Å². The minimum atomic E-state index is -4.67. The number of benzene rings is 1. The van der Waals surface area contributed by atoms with Crippen LogP contribution in [0.3, 0.4) is 0 Å². The molecule has 0 atom stereocenters. The second-order valence-electron chi connectivity index (χ2n) is 3.80. The zero-order chi connectivity index (χ0) is 14.1. The van der Waals surface area contributed by atoms with Crippen LogP contribution in [0.15, 0.2) is 23.1 Å². The lowest BCUT2D eigenvalue weighted by molar-refractivity contribution is -0.137. The maximum absolute atomic E-state index is 12.6. The lowest BCUT2D eigenvalue weighted by atomic mass is 10.2. The van der Waals surface area contributed by atoms with E-state index in [-0.39, 0.29) is 11.9 Å². The monoisotopic (exact) mass is 302 g/mol. The fourth-order valence-electron chi connectivity index (χ4n) is 1.22. The maximum Gasteiger partial charge on any atom is 0.416 e. The molecule has 8 heteroatoms. The molecule has 0 aliphatic heterocycles. The Morgan fingerprint density at radius 2 is 1.78 bits per heavy atom. The minimum absolute atomic E-state index is 0.195. The van der Waals surface area contributed by atoms with E-state index < -0.39 is 25.7 Å². The minimum Gasteiger partial charge on any atom is -0.491 e. The number of halogens is 4. The van der Waals surface area contributed by atoms with Gasteiger partial charge in [-0.1, -0.05) is 0 Å². The summed E-state index contributed by atoms with van der Waals surface area (Å²) >= 11 is 0. The second kappa shape index (κ2) is 4.97. The smallest absolute Gasteiger partial charge is 0.416 e. The van der Waals surface area contributed by atoms with Crippen molar-refractivity contribution in [2.75, 3.05) is 0 Å². The lowest BCUT2D eigenvalue weighted by Gasteiger charge is -2.14. The normalized spacial score (nSPS) is 12.8. The molecule has 1 rings (SSSR count). The average Bonchev–Trinajstić information content (AvgIpc) is 2.13. The van der Waals surface area contributed by atoms with Gasteiger partial charge >= 0.3 is 6.18 Å². The van der Waals surface area contributed by atoms with E-state index in [9.17, 15) is 21.6 Å². The van der Waals surface area contributed by atoms with Crippen LogP contribution >= 0.6 is 10.7 Å². The molecule has 18 heavy (non-hydrogen) atoms. The molecule has 0 aliphatic carbocycles. The van der Waals surface area contributed by atoms with Crippen LogP contribution in [-0.4, -0.2) is 14.5 Å². The summed E-state index contributed by atoms with van der Waals surface area (Å²) in [4.78, 5) is -0.644. The van der Waals surface area contributed by atoms with E-state index in [0.717, 1.165) is 12.1 Å². The number of alkyl halides is 3. The Morgan fingerprint density at radius 3 is 2.17 bits per heavy atom. The third-order valence-corrected chi connectivity index (χ3v) is 3.19. The first-order valence-corrected chi connectivity index (χ1v) is 7.14. The summed E-state index contributed by atoms with van der Waals surface area (Å²) in [6, 6.07) is 2.15. The van der Waals surface area contributed by atoms with Crippen LogP contribution in [0, 0.1) is 0 Å². The molecule has 0 saturated carbocycles. The molecule has 1 aromatic carbocycles. The largest absolute Gasteiger partial charge is 0.491 e. The molecule has 0 aliphatic rings. The summed E-state index contributed by atoms with van der Waals surface area (Å²) in [6.45, 7) is 3.21. The number of hydrogen-bond donors (Lipinski definition) is 0. The van der Waals surface area contributed by atoms with E-state index in [1.165, 1.54) is 0 Å². The van der Waals surface area contributed by atoms with Gasteiger partial charge in [0.05, 0.1) is 16.6 Å². The summed E-state index contributed by atoms with van der Waals surface area (Å²) in [6.07, 6.45) is -5.06. The van der Waals surface area contributed by atoms with Gasteiger partial charge in [0.15, 0.2) is 0 Å². The summed E-state index contributed by atoms with van der Waals surface area (Å²) in [5.41, 5.74) is -1.13. The van der Waals surface area contributed by atoms with Crippen LogP contribution in [-0.2, 0) is 15.2 Å². The van der Waals surface area contributed by atoms with Crippen molar-refractivity contribution >= 4 is 19.7 Å². The highest BCUT2D eigenvalue weighted by Gasteiger charge is 2.32. The van der Waals surface area contributed by atoms with Gasteiger partial charge < -0.3 is 4.74 Å². The molecule has 0 heterocycles. The van der Waals surface area contributed by atoms with E-state index in [1.54, 1.807) is 13.8 Å². The Bertz CT molecular complexity index is 538. The highest BCUT2D eigenvalue weighted by atomic mass is 35.7. The summed E-state index contributed by atoms with van der Waals surface area (Å²) < 4.78 is 65.0. The predicted molar refractivity (Wildman–Crippen MR) is 60.2 cm³/mol. The van der Waals surface area contributed by atoms with Crippen LogP contribution in [0.25, 0.3) is 0 Å². The van der Waals surface area contributed by atoms with E-state index in [1.807, 2.05) is 0 Å². The fraction of sp³-hybridized carbons (Fsp3) is 0.400. The van der Waals surface area contributed by atoms with Crippen LogP contribution in [0.2, 0.25) is 0 Å². The predicted octanol–water partition coefficient (Wildman–Crippen LogP) is 3.42. The van der Waals surface area contributed by atoms with Crippen molar-refractivity contribution in [1.29, 1.82) is 0 Å². The second-order valence-corrected chi connectivity index (χ2v) is 6.36. The first-order chi connectivity index (χ1) is 8.00. The van der Waals surface area contributed by atoms with Crippen molar-refractivity contribution in [3.63, 3.8) is 0 Å². The lowest BCUT2D eigenvalue weighted by Crippen LogP contribution is -2.10. The van der Waals surface area contributed by atoms with Gasteiger partial charge in [0.2, 0.25) is 0 Å². The summed E-state index contributed by atoms with van der Waals surface area (Å²) in [7, 11) is 0.787. The van der Waals surface area contributed by atoms with Crippen molar-refractivity contribution in [3.8, 4) is 5.75 Å². The molecule has 0 fully saturated rings. The molecule has 3 nitrogen and oxygen atoms in total. The molecule has 0 aromatic heterocycles. The summed E-state index contributed by atoms with van der Waals surface area (Å²) in [5, 5.41) is 0. The zero-order valence-electron chi connectivity index (χ0n) is 9.45. The molecule has 0 bridgehead atoms. The van der Waals surface area contributed by atoms with Gasteiger partial charge in [-0.25, -0.2) is 8.42 Å². The molecule has 1 aromatic rings. The SMILES string of the molecule is CC(C)Oc1cc(C(F)(F)F)cc(S(=O)(=O)Cl)c1. The van der Waals surface area contributed by atoms with Crippen LogP contribution < -0.4 is 4.74 Å². The highest BCUT2D eigenvalue weighted by molar-refractivity contribution is 8.13. The van der Waals surface area contributed by atoms with Gasteiger partial charge in [-0.05, 0) is 26.0 Å². The van der Waals surface area contributed by atoms with Gasteiger partial charge in [0, 0.05) is 16.7 Å². The average molecular weight is 303 g/mol. The fourth-order valence-corrected chi connectivity index (χ4v) is 2.01. The van der Waals surface area contributed by atoms with Crippen LogP contribution in [0.4, 0.5) is 13.2 Å². The van der Waals surface area contributed by atoms with Crippen molar-refractivity contribution in [2.24, 2.45) is 0 Å². The Kier molecular flexibility index (Phi) is 4.17. The van der Waals surface area contributed by atoms with Crippen LogP contribution in [0.5, 0.6) is 5.75 Å². The number of ether oxygens (including phenoxy) is 1.